The van der Waals surface area contributed by atoms with Crippen LogP contribution in [0.1, 0.15) is 28.8 Å². The number of benzene rings is 1. The van der Waals surface area contributed by atoms with Crippen LogP contribution in [0.3, 0.4) is 0 Å². The van der Waals surface area contributed by atoms with Gasteiger partial charge >= 0.3 is 5.97 Å². The van der Waals surface area contributed by atoms with Crippen molar-refractivity contribution in [2.24, 2.45) is 0 Å². The number of carboxylic acid groups (broad SMARTS) is 1. The van der Waals surface area contributed by atoms with Crippen molar-refractivity contribution in [1.29, 1.82) is 0 Å². The van der Waals surface area contributed by atoms with Crippen LogP contribution in [0.4, 0.5) is 5.69 Å². The molecule has 1 saturated heterocycles. The van der Waals surface area contributed by atoms with Gasteiger partial charge in [-0.05, 0) is 25.8 Å². The minimum atomic E-state index is -1.04. The molecule has 1 aliphatic rings. The zero-order valence-electron chi connectivity index (χ0n) is 10.9. The number of hydrogen-bond donors (Lipinski definition) is 1. The van der Waals surface area contributed by atoms with Crippen molar-refractivity contribution in [3.8, 4) is 0 Å². The molecule has 1 N–H and O–H groups in total. The van der Waals surface area contributed by atoms with Crippen LogP contribution in [0, 0.1) is 17.0 Å². The number of carboxylic acids is 1. The van der Waals surface area contributed by atoms with Gasteiger partial charge in [-0.2, -0.15) is 0 Å². The van der Waals surface area contributed by atoms with Gasteiger partial charge in [0.15, 0.2) is 0 Å². The van der Waals surface area contributed by atoms with Gasteiger partial charge in [0.1, 0.15) is 6.04 Å². The molecule has 0 aliphatic carbocycles. The highest BCUT2D eigenvalue weighted by atomic mass is 16.6. The zero-order valence-corrected chi connectivity index (χ0v) is 10.9. The fraction of sp³-hybridized carbons (Fsp3) is 0.385. The van der Waals surface area contributed by atoms with Gasteiger partial charge in [-0.25, -0.2) is 4.79 Å². The van der Waals surface area contributed by atoms with E-state index < -0.39 is 22.8 Å². The van der Waals surface area contributed by atoms with Crippen molar-refractivity contribution in [1.82, 2.24) is 4.90 Å². The number of nitro groups is 1. The van der Waals surface area contributed by atoms with E-state index >= 15 is 0 Å². The smallest absolute Gasteiger partial charge is 0.326 e. The molecule has 0 spiro atoms. The van der Waals surface area contributed by atoms with E-state index in [1.807, 2.05) is 0 Å². The van der Waals surface area contributed by atoms with E-state index in [9.17, 15) is 19.7 Å². The van der Waals surface area contributed by atoms with E-state index in [0.29, 0.717) is 19.4 Å². The Bertz CT molecular complexity index is 584. The second kappa shape index (κ2) is 5.28. The largest absolute Gasteiger partial charge is 0.480 e. The Labute approximate surface area is 115 Å². The average Bonchev–Trinajstić information content (AvgIpc) is 2.87. The molecular formula is C13H14N2O5. The maximum Gasteiger partial charge on any atom is 0.326 e. The highest BCUT2D eigenvalue weighted by Gasteiger charge is 2.35. The van der Waals surface area contributed by atoms with Crippen molar-refractivity contribution in [2.45, 2.75) is 25.8 Å². The predicted octanol–water partition coefficient (Wildman–Crippen LogP) is 1.59. The van der Waals surface area contributed by atoms with E-state index in [0.717, 1.165) is 0 Å². The highest BCUT2D eigenvalue weighted by Crippen LogP contribution is 2.25. The molecule has 7 heteroatoms. The monoisotopic (exact) mass is 278 g/mol. The molecule has 106 valence electrons. The average molecular weight is 278 g/mol. The lowest BCUT2D eigenvalue weighted by Crippen LogP contribution is -2.40. The first-order valence-electron chi connectivity index (χ1n) is 6.21. The van der Waals surface area contributed by atoms with Gasteiger partial charge in [-0.15, -0.1) is 0 Å². The standard InChI is InChI=1S/C13H14N2O5/c1-8-9(4-2-5-10(8)15(19)20)12(16)14-7-3-6-11(14)13(17)18/h2,4-5,11H,3,6-7H2,1H3,(H,17,18)/t11-/m0/s1. The number of hydrogen-bond acceptors (Lipinski definition) is 4. The highest BCUT2D eigenvalue weighted by molar-refractivity contribution is 5.98. The third kappa shape index (κ3) is 2.34. The topological polar surface area (TPSA) is 101 Å². The van der Waals surface area contributed by atoms with Crippen LogP contribution in [0.2, 0.25) is 0 Å². The summed E-state index contributed by atoms with van der Waals surface area (Å²) in [6.45, 7) is 1.86. The molecule has 1 amide bonds. The van der Waals surface area contributed by atoms with Gasteiger partial charge in [0.2, 0.25) is 0 Å². The molecule has 1 aromatic rings. The van der Waals surface area contributed by atoms with Gasteiger partial charge < -0.3 is 10.0 Å². The zero-order chi connectivity index (χ0) is 14.9. The molecule has 1 fully saturated rings. The molecule has 0 unspecified atom stereocenters. The molecule has 7 nitrogen and oxygen atoms in total. The van der Waals surface area contributed by atoms with Crippen molar-refractivity contribution in [2.75, 3.05) is 6.54 Å². The summed E-state index contributed by atoms with van der Waals surface area (Å²) in [5.74, 6) is -1.50. The second-order valence-electron chi connectivity index (χ2n) is 4.70. The number of amides is 1. The van der Waals surface area contributed by atoms with Gasteiger partial charge in [0, 0.05) is 23.7 Å². The first kappa shape index (κ1) is 14.0. The van der Waals surface area contributed by atoms with Crippen LogP contribution < -0.4 is 0 Å². The molecule has 0 saturated carbocycles. The van der Waals surface area contributed by atoms with Crippen LogP contribution in [0.15, 0.2) is 18.2 Å². The van der Waals surface area contributed by atoms with Crippen LogP contribution in [-0.2, 0) is 4.79 Å². The van der Waals surface area contributed by atoms with E-state index in [4.69, 9.17) is 5.11 Å². The molecule has 0 bridgehead atoms. The Hall–Kier alpha value is -2.44. The Morgan fingerprint density at radius 3 is 2.75 bits per heavy atom. The van der Waals surface area contributed by atoms with Crippen molar-refractivity contribution in [3.05, 3.63) is 39.4 Å². The van der Waals surface area contributed by atoms with Gasteiger partial charge in [0.05, 0.1) is 4.92 Å². The first-order valence-corrected chi connectivity index (χ1v) is 6.21. The maximum atomic E-state index is 12.4. The number of likely N-dealkylation sites (tertiary alicyclic amines) is 1. The van der Waals surface area contributed by atoms with E-state index in [1.165, 1.54) is 30.0 Å². The lowest BCUT2D eigenvalue weighted by atomic mass is 10.1. The normalized spacial score (nSPS) is 18.1. The quantitative estimate of drug-likeness (QED) is 0.668. The van der Waals surface area contributed by atoms with Crippen LogP contribution >= 0.6 is 0 Å². The van der Waals surface area contributed by atoms with Crippen LogP contribution in [0.25, 0.3) is 0 Å². The van der Waals surface area contributed by atoms with Crippen molar-refractivity contribution >= 4 is 17.6 Å². The van der Waals surface area contributed by atoms with E-state index in [1.54, 1.807) is 0 Å². The predicted molar refractivity (Wildman–Crippen MR) is 69.5 cm³/mol. The number of nitrogens with zero attached hydrogens (tertiary/aromatic N) is 2. The minimum absolute atomic E-state index is 0.137. The van der Waals surface area contributed by atoms with Crippen LogP contribution in [-0.4, -0.2) is 39.4 Å². The Balaban J connectivity index is 2.37. The van der Waals surface area contributed by atoms with Crippen LogP contribution in [0.5, 0.6) is 0 Å². The SMILES string of the molecule is Cc1c(C(=O)N2CCC[C@H]2C(=O)O)cccc1[N+](=O)[O-]. The summed E-state index contributed by atoms with van der Waals surface area (Å²) in [6, 6.07) is 3.40. The number of carbonyl (C=O) groups excluding carboxylic acids is 1. The summed E-state index contributed by atoms with van der Waals surface area (Å²) in [5.41, 5.74) is 0.313. The van der Waals surface area contributed by atoms with Gasteiger partial charge in [0.25, 0.3) is 11.6 Å². The Kier molecular flexibility index (Phi) is 3.69. The molecular weight excluding hydrogens is 264 g/mol. The fourth-order valence-electron chi connectivity index (χ4n) is 2.47. The summed E-state index contributed by atoms with van der Waals surface area (Å²) in [5, 5.41) is 20.0. The summed E-state index contributed by atoms with van der Waals surface area (Å²) in [7, 11) is 0. The summed E-state index contributed by atoms with van der Waals surface area (Å²) >= 11 is 0. The summed E-state index contributed by atoms with van der Waals surface area (Å²) < 4.78 is 0. The molecule has 1 atom stereocenters. The fourth-order valence-corrected chi connectivity index (χ4v) is 2.47. The Morgan fingerprint density at radius 2 is 2.15 bits per heavy atom. The van der Waals surface area contributed by atoms with E-state index in [2.05, 4.69) is 0 Å². The number of aliphatic carboxylic acids is 1. The summed E-state index contributed by atoms with van der Waals surface area (Å²) in [4.78, 5) is 35.1. The first-order chi connectivity index (χ1) is 9.43. The summed E-state index contributed by atoms with van der Waals surface area (Å²) in [6.07, 6.45) is 1.03. The van der Waals surface area contributed by atoms with Gasteiger partial charge in [-0.1, -0.05) is 6.07 Å². The molecule has 1 heterocycles. The second-order valence-corrected chi connectivity index (χ2v) is 4.70. The van der Waals surface area contributed by atoms with Gasteiger partial charge in [-0.3, -0.25) is 14.9 Å². The van der Waals surface area contributed by atoms with Crippen molar-refractivity contribution in [3.63, 3.8) is 0 Å². The molecule has 0 aromatic heterocycles. The molecule has 2 rings (SSSR count). The van der Waals surface area contributed by atoms with E-state index in [-0.39, 0.29) is 16.8 Å². The molecule has 20 heavy (non-hydrogen) atoms. The number of nitro benzene ring substituents is 1. The van der Waals surface area contributed by atoms with Crippen molar-refractivity contribution < 1.29 is 19.6 Å². The number of carbonyl (C=O) groups is 2. The maximum absolute atomic E-state index is 12.4. The molecule has 1 aromatic carbocycles. The number of rotatable bonds is 3. The molecule has 1 aliphatic heterocycles. The third-order valence-corrected chi connectivity index (χ3v) is 3.53. The molecule has 0 radical (unpaired) electrons. The third-order valence-electron chi connectivity index (χ3n) is 3.53. The lowest BCUT2D eigenvalue weighted by Gasteiger charge is -2.22. The minimum Gasteiger partial charge on any atom is -0.480 e. The lowest BCUT2D eigenvalue weighted by molar-refractivity contribution is -0.385. The Morgan fingerprint density at radius 1 is 1.45 bits per heavy atom.